The summed E-state index contributed by atoms with van der Waals surface area (Å²) in [7, 11) is 0. The largest absolute Gasteiger partial charge is 0.322 e. The van der Waals surface area contributed by atoms with Crippen LogP contribution >= 0.6 is 11.8 Å². The molecule has 0 saturated carbocycles. The molecule has 0 unspecified atom stereocenters. The van der Waals surface area contributed by atoms with Crippen molar-refractivity contribution in [2.45, 2.75) is 9.79 Å². The Balaban J connectivity index is 1.34. The number of anilines is 2. The van der Waals surface area contributed by atoms with Crippen LogP contribution in [0.3, 0.4) is 0 Å². The average Bonchev–Trinajstić information content (AvgIpc) is 2.82. The molecule has 0 heterocycles. The van der Waals surface area contributed by atoms with Crippen LogP contribution in [-0.2, 0) is 0 Å². The van der Waals surface area contributed by atoms with Crippen molar-refractivity contribution >= 4 is 35.0 Å². The summed E-state index contributed by atoms with van der Waals surface area (Å²) in [5.41, 5.74) is 2.75. The third kappa shape index (κ3) is 5.62. The number of nitrogens with one attached hydrogen (secondary N) is 2. The Morgan fingerprint density at radius 3 is 1.19 bits per heavy atom. The first-order valence-corrected chi connectivity index (χ1v) is 10.6. The van der Waals surface area contributed by atoms with Gasteiger partial charge in [-0.2, -0.15) is 0 Å². The normalized spacial score (nSPS) is 10.3. The van der Waals surface area contributed by atoms with Gasteiger partial charge in [0.05, 0.1) is 0 Å². The second-order valence-corrected chi connectivity index (χ2v) is 7.94. The molecule has 0 radical (unpaired) electrons. The topological polar surface area (TPSA) is 58.2 Å². The maximum absolute atomic E-state index is 12.2. The molecule has 31 heavy (non-hydrogen) atoms. The molecule has 0 fully saturated rings. The molecule has 0 atom stereocenters. The van der Waals surface area contributed by atoms with Gasteiger partial charge in [0.25, 0.3) is 11.8 Å². The van der Waals surface area contributed by atoms with Crippen molar-refractivity contribution in [3.63, 3.8) is 0 Å². The first-order chi connectivity index (χ1) is 15.2. The Morgan fingerprint density at radius 1 is 0.484 bits per heavy atom. The molecule has 0 spiro atoms. The van der Waals surface area contributed by atoms with E-state index in [1.54, 1.807) is 36.0 Å². The fourth-order valence-corrected chi connectivity index (χ4v) is 3.75. The van der Waals surface area contributed by atoms with Crippen LogP contribution < -0.4 is 10.6 Å². The summed E-state index contributed by atoms with van der Waals surface area (Å²) >= 11 is 1.61. The summed E-state index contributed by atoms with van der Waals surface area (Å²) < 4.78 is 0. The zero-order valence-corrected chi connectivity index (χ0v) is 17.4. The molecular weight excluding hydrogens is 404 g/mol. The minimum absolute atomic E-state index is 0.130. The standard InChI is InChI=1S/C26H20N2O2S/c29-25(19-7-3-1-4-8-19)27-21-11-15-23(16-12-21)31-24-17-13-22(14-18-24)28-26(30)20-9-5-2-6-10-20/h1-18H,(H,27,29)(H,28,30). The van der Waals surface area contributed by atoms with E-state index in [0.29, 0.717) is 11.1 Å². The highest BCUT2D eigenvalue weighted by Crippen LogP contribution is 2.29. The molecule has 0 aliphatic rings. The van der Waals surface area contributed by atoms with Crippen LogP contribution in [0.25, 0.3) is 0 Å². The molecule has 4 aromatic rings. The Kier molecular flexibility index (Phi) is 6.45. The number of carbonyl (C=O) groups excluding carboxylic acids is 2. The van der Waals surface area contributed by atoms with Crippen molar-refractivity contribution in [2.75, 3.05) is 10.6 Å². The Hall–Kier alpha value is -3.83. The maximum Gasteiger partial charge on any atom is 0.255 e. The monoisotopic (exact) mass is 424 g/mol. The number of carbonyl (C=O) groups is 2. The minimum Gasteiger partial charge on any atom is -0.322 e. The summed E-state index contributed by atoms with van der Waals surface area (Å²) in [6.07, 6.45) is 0. The van der Waals surface area contributed by atoms with Gasteiger partial charge in [-0.15, -0.1) is 0 Å². The van der Waals surface area contributed by atoms with E-state index in [0.717, 1.165) is 21.2 Å². The fourth-order valence-electron chi connectivity index (χ4n) is 2.93. The van der Waals surface area contributed by atoms with Gasteiger partial charge in [-0.1, -0.05) is 48.2 Å². The number of benzene rings is 4. The van der Waals surface area contributed by atoms with E-state index >= 15 is 0 Å². The Bertz CT molecular complexity index is 1060. The predicted molar refractivity (Wildman–Crippen MR) is 126 cm³/mol. The molecule has 0 aromatic heterocycles. The van der Waals surface area contributed by atoms with E-state index < -0.39 is 0 Å². The van der Waals surface area contributed by atoms with Crippen molar-refractivity contribution in [3.05, 3.63) is 120 Å². The summed E-state index contributed by atoms with van der Waals surface area (Å²) in [6.45, 7) is 0. The van der Waals surface area contributed by atoms with Crippen LogP contribution in [0.2, 0.25) is 0 Å². The highest BCUT2D eigenvalue weighted by molar-refractivity contribution is 7.99. The zero-order valence-electron chi connectivity index (χ0n) is 16.6. The van der Waals surface area contributed by atoms with E-state index in [-0.39, 0.29) is 11.8 Å². The third-order valence-electron chi connectivity index (χ3n) is 4.53. The van der Waals surface area contributed by atoms with Gasteiger partial charge in [0.2, 0.25) is 0 Å². The van der Waals surface area contributed by atoms with E-state index in [1.165, 1.54) is 0 Å². The van der Waals surface area contributed by atoms with E-state index in [9.17, 15) is 9.59 Å². The molecule has 0 bridgehead atoms. The smallest absolute Gasteiger partial charge is 0.255 e. The summed E-state index contributed by atoms with van der Waals surface area (Å²) in [4.78, 5) is 26.6. The van der Waals surface area contributed by atoms with Gasteiger partial charge < -0.3 is 10.6 Å². The van der Waals surface area contributed by atoms with Gasteiger partial charge in [0, 0.05) is 32.3 Å². The van der Waals surface area contributed by atoms with Gasteiger partial charge in [-0.25, -0.2) is 0 Å². The molecule has 0 aliphatic carbocycles. The highest BCUT2D eigenvalue weighted by atomic mass is 32.2. The van der Waals surface area contributed by atoms with Crippen molar-refractivity contribution < 1.29 is 9.59 Å². The van der Waals surface area contributed by atoms with Crippen molar-refractivity contribution in [1.29, 1.82) is 0 Å². The molecule has 0 aliphatic heterocycles. The molecule has 152 valence electrons. The first kappa shape index (κ1) is 20.4. The van der Waals surface area contributed by atoms with Crippen LogP contribution in [0.1, 0.15) is 20.7 Å². The predicted octanol–water partition coefficient (Wildman–Crippen LogP) is 6.34. The molecule has 0 saturated heterocycles. The maximum atomic E-state index is 12.2. The fraction of sp³-hybridized carbons (Fsp3) is 0. The van der Waals surface area contributed by atoms with Crippen molar-refractivity contribution in [3.8, 4) is 0 Å². The minimum atomic E-state index is -0.130. The first-order valence-electron chi connectivity index (χ1n) is 9.78. The lowest BCUT2D eigenvalue weighted by Crippen LogP contribution is -2.11. The van der Waals surface area contributed by atoms with E-state index in [2.05, 4.69) is 10.6 Å². The van der Waals surface area contributed by atoms with Crippen LogP contribution in [0.5, 0.6) is 0 Å². The molecule has 2 amide bonds. The molecule has 4 nitrogen and oxygen atoms in total. The summed E-state index contributed by atoms with van der Waals surface area (Å²) in [5.74, 6) is -0.261. The van der Waals surface area contributed by atoms with Crippen LogP contribution in [0, 0.1) is 0 Å². The lowest BCUT2D eigenvalue weighted by Gasteiger charge is -2.08. The quantitative estimate of drug-likeness (QED) is 0.380. The van der Waals surface area contributed by atoms with Gasteiger partial charge >= 0.3 is 0 Å². The van der Waals surface area contributed by atoms with Gasteiger partial charge in [-0.05, 0) is 72.8 Å². The molecule has 5 heteroatoms. The SMILES string of the molecule is O=C(Nc1ccc(Sc2ccc(NC(=O)c3ccccc3)cc2)cc1)c1ccccc1. The second-order valence-electron chi connectivity index (χ2n) is 6.79. The molecular formula is C26H20N2O2S. The lowest BCUT2D eigenvalue weighted by atomic mass is 10.2. The Morgan fingerprint density at radius 2 is 0.839 bits per heavy atom. The molecule has 2 N–H and O–H groups in total. The number of hydrogen-bond donors (Lipinski definition) is 2. The third-order valence-corrected chi connectivity index (χ3v) is 5.55. The van der Waals surface area contributed by atoms with Gasteiger partial charge in [0.15, 0.2) is 0 Å². The van der Waals surface area contributed by atoms with E-state index in [1.807, 2.05) is 84.9 Å². The number of hydrogen-bond acceptors (Lipinski definition) is 3. The van der Waals surface area contributed by atoms with Crippen molar-refractivity contribution in [1.82, 2.24) is 0 Å². The van der Waals surface area contributed by atoms with Gasteiger partial charge in [-0.3, -0.25) is 9.59 Å². The van der Waals surface area contributed by atoms with Crippen LogP contribution in [-0.4, -0.2) is 11.8 Å². The van der Waals surface area contributed by atoms with Crippen LogP contribution in [0.15, 0.2) is 119 Å². The zero-order chi connectivity index (χ0) is 21.5. The lowest BCUT2D eigenvalue weighted by molar-refractivity contribution is 0.101. The second kappa shape index (κ2) is 9.78. The van der Waals surface area contributed by atoms with Crippen LogP contribution in [0.4, 0.5) is 11.4 Å². The highest BCUT2D eigenvalue weighted by Gasteiger charge is 2.07. The number of amides is 2. The number of rotatable bonds is 6. The van der Waals surface area contributed by atoms with E-state index in [4.69, 9.17) is 0 Å². The molecule has 4 rings (SSSR count). The summed E-state index contributed by atoms with van der Waals surface area (Å²) in [6, 6.07) is 33.7. The average molecular weight is 425 g/mol. The summed E-state index contributed by atoms with van der Waals surface area (Å²) in [5, 5.41) is 5.80. The Labute approximate surface area is 185 Å². The molecule has 4 aromatic carbocycles. The van der Waals surface area contributed by atoms with Gasteiger partial charge in [0.1, 0.15) is 0 Å². The van der Waals surface area contributed by atoms with Crippen molar-refractivity contribution in [2.24, 2.45) is 0 Å².